The Morgan fingerprint density at radius 2 is 2.03 bits per heavy atom. The van der Waals surface area contributed by atoms with Crippen molar-refractivity contribution in [3.8, 4) is 0 Å². The molecule has 1 unspecified atom stereocenters. The number of aryl methyl sites for hydroxylation is 2. The van der Waals surface area contributed by atoms with E-state index in [1.807, 2.05) is 17.7 Å². The minimum Gasteiger partial charge on any atom is -0.385 e. The molecule has 160 valence electrons. The van der Waals surface area contributed by atoms with Crippen molar-refractivity contribution >= 4 is 34.1 Å². The average molecular weight is 430 g/mol. The average Bonchev–Trinajstić information content (AvgIpc) is 3.35. The van der Waals surface area contributed by atoms with Crippen LogP contribution in [0.1, 0.15) is 36.2 Å². The number of aromatic nitrogens is 4. The van der Waals surface area contributed by atoms with Gasteiger partial charge in [0, 0.05) is 33.1 Å². The molecule has 1 aromatic carbocycles. The van der Waals surface area contributed by atoms with Crippen LogP contribution in [-0.2, 0) is 22.3 Å². The molecule has 3 heterocycles. The van der Waals surface area contributed by atoms with Crippen LogP contribution in [0.3, 0.4) is 0 Å². The van der Waals surface area contributed by atoms with Gasteiger partial charge in [0.15, 0.2) is 11.3 Å². The molecule has 0 fully saturated rings. The normalized spacial score (nSPS) is 14.5. The van der Waals surface area contributed by atoms with Crippen LogP contribution >= 0.6 is 11.6 Å². The van der Waals surface area contributed by atoms with Gasteiger partial charge in [0.05, 0.1) is 28.9 Å². The molecule has 1 atom stereocenters. The Morgan fingerprint density at radius 3 is 2.77 bits per heavy atom. The fourth-order valence-corrected chi connectivity index (χ4v) is 4.56. The van der Waals surface area contributed by atoms with Gasteiger partial charge >= 0.3 is 0 Å². The van der Waals surface area contributed by atoms with E-state index in [1.165, 1.54) is 11.1 Å². The Bertz CT molecular complexity index is 1050. The van der Waals surface area contributed by atoms with Crippen LogP contribution in [-0.4, -0.2) is 54.0 Å². The summed E-state index contributed by atoms with van der Waals surface area (Å²) in [7, 11) is 3.40. The number of halogens is 1. The van der Waals surface area contributed by atoms with E-state index in [9.17, 15) is 0 Å². The molecule has 4 rings (SSSR count). The fourth-order valence-electron chi connectivity index (χ4n) is 4.20. The molecule has 0 spiro atoms. The van der Waals surface area contributed by atoms with Crippen LogP contribution in [0.2, 0.25) is 5.02 Å². The van der Waals surface area contributed by atoms with E-state index in [4.69, 9.17) is 26.1 Å². The maximum atomic E-state index is 6.70. The summed E-state index contributed by atoms with van der Waals surface area (Å²) in [6.07, 6.45) is 2.70. The summed E-state index contributed by atoms with van der Waals surface area (Å²) in [5.74, 6) is 0.809. The molecule has 2 aromatic heterocycles. The summed E-state index contributed by atoms with van der Waals surface area (Å²) in [5, 5.41) is 9.77. The molecule has 8 heteroatoms. The van der Waals surface area contributed by atoms with Crippen molar-refractivity contribution in [3.05, 3.63) is 40.0 Å². The summed E-state index contributed by atoms with van der Waals surface area (Å²) in [6, 6.07) is 6.38. The predicted molar refractivity (Wildman–Crippen MR) is 119 cm³/mol. The van der Waals surface area contributed by atoms with Crippen molar-refractivity contribution in [2.75, 3.05) is 38.9 Å². The van der Waals surface area contributed by atoms with E-state index >= 15 is 0 Å². The predicted octanol–water partition coefficient (Wildman–Crippen LogP) is 4.27. The van der Waals surface area contributed by atoms with Gasteiger partial charge in [-0.2, -0.15) is 0 Å². The lowest BCUT2D eigenvalue weighted by atomic mass is 10.1. The topological polar surface area (TPSA) is 65.3 Å². The molecule has 0 N–H and O–H groups in total. The maximum Gasteiger partial charge on any atom is 0.163 e. The van der Waals surface area contributed by atoms with E-state index < -0.39 is 0 Å². The van der Waals surface area contributed by atoms with Gasteiger partial charge in [-0.1, -0.05) is 29.8 Å². The van der Waals surface area contributed by atoms with Gasteiger partial charge in [-0.15, -0.1) is 5.10 Å². The third-order valence-corrected chi connectivity index (χ3v) is 5.96. The van der Waals surface area contributed by atoms with Gasteiger partial charge in [-0.25, -0.2) is 9.67 Å². The second-order valence-electron chi connectivity index (χ2n) is 7.72. The second-order valence-corrected chi connectivity index (χ2v) is 8.13. The zero-order valence-corrected chi connectivity index (χ0v) is 18.7. The maximum absolute atomic E-state index is 6.70. The number of hydrogen-bond acceptors (Lipinski definition) is 6. The summed E-state index contributed by atoms with van der Waals surface area (Å²) in [4.78, 5) is 7.03. The van der Waals surface area contributed by atoms with Gasteiger partial charge in [-0.3, -0.25) is 0 Å². The first-order chi connectivity index (χ1) is 14.6. The van der Waals surface area contributed by atoms with E-state index in [0.717, 1.165) is 59.1 Å². The Balaban J connectivity index is 1.80. The lowest BCUT2D eigenvalue weighted by Crippen LogP contribution is -2.19. The van der Waals surface area contributed by atoms with Gasteiger partial charge in [0.1, 0.15) is 0 Å². The van der Waals surface area contributed by atoms with Crippen LogP contribution < -0.4 is 4.90 Å². The van der Waals surface area contributed by atoms with Gasteiger partial charge in [-0.05, 0) is 49.4 Å². The number of benzene rings is 1. The van der Waals surface area contributed by atoms with E-state index in [0.29, 0.717) is 13.2 Å². The largest absolute Gasteiger partial charge is 0.385 e. The SMILES string of the molecule is CCc1cc(Cl)c2c(c1)CCN2c1nc(C)cc2c1nnn2C(CCOC)COC. The monoisotopic (exact) mass is 429 g/mol. The highest BCUT2D eigenvalue weighted by Crippen LogP contribution is 2.42. The third-order valence-electron chi connectivity index (χ3n) is 5.67. The number of fused-ring (bicyclic) bond motifs is 2. The van der Waals surface area contributed by atoms with Crippen molar-refractivity contribution in [2.45, 2.75) is 39.2 Å². The first-order valence-corrected chi connectivity index (χ1v) is 10.7. The Kier molecular flexibility index (Phi) is 6.22. The molecule has 30 heavy (non-hydrogen) atoms. The Hall–Kier alpha value is -2.22. The number of rotatable bonds is 8. The molecule has 7 nitrogen and oxygen atoms in total. The number of hydrogen-bond donors (Lipinski definition) is 0. The molecule has 0 saturated carbocycles. The Labute approximate surface area is 181 Å². The van der Waals surface area contributed by atoms with Crippen LogP contribution in [0, 0.1) is 6.92 Å². The smallest absolute Gasteiger partial charge is 0.163 e. The number of pyridine rings is 1. The van der Waals surface area contributed by atoms with E-state index in [1.54, 1.807) is 14.2 Å². The highest BCUT2D eigenvalue weighted by molar-refractivity contribution is 6.33. The standard InChI is InChI=1S/C22H28ClN5O2/c1-5-15-11-16-6-8-27(21(16)18(23)12-15)22-20-19(10-14(2)24-22)28(26-25-20)17(13-30-4)7-9-29-3/h10-12,17H,5-9,13H2,1-4H3. The number of nitrogens with zero attached hydrogens (tertiary/aromatic N) is 5. The quantitative estimate of drug-likeness (QED) is 0.532. The molecule has 3 aromatic rings. The zero-order chi connectivity index (χ0) is 21.3. The van der Waals surface area contributed by atoms with Gasteiger partial charge in [0.2, 0.25) is 0 Å². The number of methoxy groups -OCH3 is 2. The van der Waals surface area contributed by atoms with Crippen molar-refractivity contribution in [1.29, 1.82) is 0 Å². The minimum absolute atomic E-state index is 0.0381. The third kappa shape index (κ3) is 3.77. The van der Waals surface area contributed by atoms with Crippen molar-refractivity contribution < 1.29 is 9.47 Å². The van der Waals surface area contributed by atoms with E-state index in [-0.39, 0.29) is 6.04 Å². The summed E-state index contributed by atoms with van der Waals surface area (Å²) in [5.41, 5.74) is 6.21. The van der Waals surface area contributed by atoms with Gasteiger partial charge < -0.3 is 14.4 Å². The first-order valence-electron chi connectivity index (χ1n) is 10.4. The van der Waals surface area contributed by atoms with E-state index in [2.05, 4.69) is 34.3 Å². The molecule has 0 radical (unpaired) electrons. The van der Waals surface area contributed by atoms with Gasteiger partial charge in [0.25, 0.3) is 0 Å². The second kappa shape index (κ2) is 8.88. The van der Waals surface area contributed by atoms with Crippen LogP contribution in [0.5, 0.6) is 0 Å². The molecule has 1 aliphatic heterocycles. The molecule has 0 bridgehead atoms. The van der Waals surface area contributed by atoms with Crippen molar-refractivity contribution in [2.24, 2.45) is 0 Å². The molecule has 0 aliphatic carbocycles. The minimum atomic E-state index is 0.0381. The van der Waals surface area contributed by atoms with Crippen molar-refractivity contribution in [3.63, 3.8) is 0 Å². The summed E-state index contributed by atoms with van der Waals surface area (Å²) in [6.45, 7) is 6.14. The Morgan fingerprint density at radius 1 is 1.20 bits per heavy atom. The first kappa shape index (κ1) is 21.0. The van der Waals surface area contributed by atoms with Crippen LogP contribution in [0.25, 0.3) is 11.0 Å². The molecule has 0 saturated heterocycles. The molecule has 1 aliphatic rings. The summed E-state index contributed by atoms with van der Waals surface area (Å²) < 4.78 is 12.6. The highest BCUT2D eigenvalue weighted by atomic mass is 35.5. The zero-order valence-electron chi connectivity index (χ0n) is 18.0. The molecular formula is C22H28ClN5O2. The van der Waals surface area contributed by atoms with Crippen LogP contribution in [0.15, 0.2) is 18.2 Å². The highest BCUT2D eigenvalue weighted by Gasteiger charge is 2.28. The number of ether oxygens (including phenoxy) is 2. The van der Waals surface area contributed by atoms with Crippen LogP contribution in [0.4, 0.5) is 11.5 Å². The van der Waals surface area contributed by atoms with Crippen molar-refractivity contribution in [1.82, 2.24) is 20.0 Å². The fraction of sp³-hybridized carbons (Fsp3) is 0.500. The molecular weight excluding hydrogens is 402 g/mol. The lowest BCUT2D eigenvalue weighted by Gasteiger charge is -2.21. The lowest BCUT2D eigenvalue weighted by molar-refractivity contribution is 0.117. The number of anilines is 2. The summed E-state index contributed by atoms with van der Waals surface area (Å²) >= 11 is 6.70. The molecule has 0 amide bonds.